The highest BCUT2D eigenvalue weighted by Crippen LogP contribution is 2.29. The Bertz CT molecular complexity index is 792. The number of imidazole rings is 1. The van der Waals surface area contributed by atoms with Gasteiger partial charge in [-0.1, -0.05) is 57.2 Å². The maximum absolute atomic E-state index is 6.14. The molecule has 1 heterocycles. The molecule has 0 aliphatic carbocycles. The molecule has 0 radical (unpaired) electrons. The number of aromatic nitrogens is 2. The van der Waals surface area contributed by atoms with E-state index in [1.165, 1.54) is 11.1 Å². The molecule has 3 aromatic rings. The average Bonchev–Trinajstić information content (AvgIpc) is 2.81. The standard InChI is InChI=1S/C19H23N3/c1-13(14-9-11-15(12-10-14)19(2,3)4)22-17-8-6-5-7-16(17)21-18(22)20/h5-13H,1-4H3,(H2,20,21)/t13-/m1/s1. The van der Waals surface area contributed by atoms with Gasteiger partial charge in [0.1, 0.15) is 0 Å². The summed E-state index contributed by atoms with van der Waals surface area (Å²) in [5.74, 6) is 0.564. The van der Waals surface area contributed by atoms with Crippen molar-refractivity contribution < 1.29 is 0 Å². The van der Waals surface area contributed by atoms with Gasteiger partial charge in [0.15, 0.2) is 0 Å². The minimum absolute atomic E-state index is 0.154. The van der Waals surface area contributed by atoms with Gasteiger partial charge < -0.3 is 10.3 Å². The van der Waals surface area contributed by atoms with Crippen molar-refractivity contribution in [2.45, 2.75) is 39.2 Å². The Hall–Kier alpha value is -2.29. The van der Waals surface area contributed by atoms with E-state index in [1.54, 1.807) is 0 Å². The van der Waals surface area contributed by atoms with Gasteiger partial charge in [0.2, 0.25) is 5.95 Å². The zero-order chi connectivity index (χ0) is 15.9. The lowest BCUT2D eigenvalue weighted by Gasteiger charge is -2.21. The molecule has 114 valence electrons. The van der Waals surface area contributed by atoms with Crippen molar-refractivity contribution >= 4 is 17.0 Å². The van der Waals surface area contributed by atoms with Crippen molar-refractivity contribution in [3.05, 3.63) is 59.7 Å². The molecule has 0 aliphatic rings. The first kappa shape index (κ1) is 14.6. The van der Waals surface area contributed by atoms with Gasteiger partial charge in [-0.15, -0.1) is 0 Å². The molecule has 3 nitrogen and oxygen atoms in total. The number of fused-ring (bicyclic) bond motifs is 1. The smallest absolute Gasteiger partial charge is 0.201 e. The summed E-state index contributed by atoms with van der Waals surface area (Å²) in [4.78, 5) is 4.46. The van der Waals surface area contributed by atoms with Gasteiger partial charge in [0.05, 0.1) is 17.1 Å². The predicted molar refractivity (Wildman–Crippen MR) is 93.1 cm³/mol. The van der Waals surface area contributed by atoms with Gasteiger partial charge in [-0.25, -0.2) is 4.98 Å². The first-order valence-electron chi connectivity index (χ1n) is 7.71. The van der Waals surface area contributed by atoms with Crippen molar-refractivity contribution in [3.63, 3.8) is 0 Å². The van der Waals surface area contributed by atoms with Gasteiger partial charge in [0, 0.05) is 0 Å². The fourth-order valence-corrected chi connectivity index (χ4v) is 2.88. The third kappa shape index (κ3) is 2.47. The quantitative estimate of drug-likeness (QED) is 0.754. The van der Waals surface area contributed by atoms with E-state index >= 15 is 0 Å². The van der Waals surface area contributed by atoms with E-state index < -0.39 is 0 Å². The normalized spacial score (nSPS) is 13.5. The molecule has 0 amide bonds. The molecule has 1 aromatic heterocycles. The zero-order valence-corrected chi connectivity index (χ0v) is 13.7. The van der Waals surface area contributed by atoms with Gasteiger partial charge in [-0.3, -0.25) is 0 Å². The van der Waals surface area contributed by atoms with Crippen LogP contribution in [0.5, 0.6) is 0 Å². The van der Waals surface area contributed by atoms with Crippen LogP contribution in [0, 0.1) is 0 Å². The second kappa shape index (κ2) is 5.16. The van der Waals surface area contributed by atoms with Crippen molar-refractivity contribution in [1.29, 1.82) is 0 Å². The van der Waals surface area contributed by atoms with Crippen LogP contribution in [-0.4, -0.2) is 9.55 Å². The third-order valence-corrected chi connectivity index (χ3v) is 4.27. The van der Waals surface area contributed by atoms with Crippen LogP contribution in [0.4, 0.5) is 5.95 Å². The summed E-state index contributed by atoms with van der Waals surface area (Å²) >= 11 is 0. The van der Waals surface area contributed by atoms with E-state index in [2.05, 4.69) is 67.6 Å². The molecule has 0 saturated carbocycles. The number of nitrogen functional groups attached to an aromatic ring is 1. The number of anilines is 1. The summed E-state index contributed by atoms with van der Waals surface area (Å²) in [5.41, 5.74) is 10.9. The highest BCUT2D eigenvalue weighted by atomic mass is 15.2. The second-order valence-electron chi connectivity index (χ2n) is 6.88. The van der Waals surface area contributed by atoms with Crippen LogP contribution >= 0.6 is 0 Å². The Labute approximate surface area is 131 Å². The number of nitrogens with two attached hydrogens (primary N) is 1. The maximum Gasteiger partial charge on any atom is 0.201 e. The molecule has 0 unspecified atom stereocenters. The number of hydrogen-bond donors (Lipinski definition) is 1. The molecular weight excluding hydrogens is 270 g/mol. The summed E-state index contributed by atoms with van der Waals surface area (Å²) in [6.45, 7) is 8.85. The topological polar surface area (TPSA) is 43.8 Å². The number of benzene rings is 2. The highest BCUT2D eigenvalue weighted by molar-refractivity contribution is 5.78. The SMILES string of the molecule is C[C@H](c1ccc(C(C)(C)C)cc1)n1c(N)nc2ccccc21. The van der Waals surface area contributed by atoms with Crippen LogP contribution in [0.2, 0.25) is 0 Å². The molecule has 1 atom stereocenters. The number of nitrogens with zero attached hydrogens (tertiary/aromatic N) is 2. The van der Waals surface area contributed by atoms with Crippen molar-refractivity contribution in [3.8, 4) is 0 Å². The van der Waals surface area contributed by atoms with E-state index in [9.17, 15) is 0 Å². The Balaban J connectivity index is 2.02. The minimum Gasteiger partial charge on any atom is -0.369 e. The lowest BCUT2D eigenvalue weighted by Crippen LogP contribution is -2.13. The maximum atomic E-state index is 6.14. The average molecular weight is 293 g/mol. The molecular formula is C19H23N3. The summed E-state index contributed by atoms with van der Waals surface area (Å²) in [5, 5.41) is 0. The monoisotopic (exact) mass is 293 g/mol. The Kier molecular flexibility index (Phi) is 3.44. The highest BCUT2D eigenvalue weighted by Gasteiger charge is 2.17. The predicted octanol–water partition coefficient (Wildman–Crippen LogP) is 4.53. The van der Waals surface area contributed by atoms with E-state index in [-0.39, 0.29) is 11.5 Å². The Morgan fingerprint density at radius 2 is 1.64 bits per heavy atom. The van der Waals surface area contributed by atoms with Gasteiger partial charge in [0.25, 0.3) is 0 Å². The van der Waals surface area contributed by atoms with Crippen LogP contribution < -0.4 is 5.73 Å². The third-order valence-electron chi connectivity index (χ3n) is 4.27. The number of para-hydroxylation sites is 2. The molecule has 0 aliphatic heterocycles. The summed E-state index contributed by atoms with van der Waals surface area (Å²) in [6, 6.07) is 17.0. The molecule has 3 heteroatoms. The van der Waals surface area contributed by atoms with Gasteiger partial charge in [-0.05, 0) is 35.6 Å². The van der Waals surface area contributed by atoms with Gasteiger partial charge in [-0.2, -0.15) is 0 Å². The molecule has 22 heavy (non-hydrogen) atoms. The summed E-state index contributed by atoms with van der Waals surface area (Å²) in [7, 11) is 0. The van der Waals surface area contributed by atoms with E-state index in [4.69, 9.17) is 5.73 Å². The first-order chi connectivity index (χ1) is 10.4. The molecule has 0 spiro atoms. The van der Waals surface area contributed by atoms with Crippen LogP contribution in [0.1, 0.15) is 44.9 Å². The van der Waals surface area contributed by atoms with E-state index in [0.717, 1.165) is 11.0 Å². The van der Waals surface area contributed by atoms with Crippen molar-refractivity contribution in [1.82, 2.24) is 9.55 Å². The fraction of sp³-hybridized carbons (Fsp3) is 0.316. The molecule has 0 bridgehead atoms. The number of hydrogen-bond acceptors (Lipinski definition) is 2. The van der Waals surface area contributed by atoms with Crippen molar-refractivity contribution in [2.24, 2.45) is 0 Å². The lowest BCUT2D eigenvalue weighted by molar-refractivity contribution is 0.588. The second-order valence-corrected chi connectivity index (χ2v) is 6.88. The van der Waals surface area contributed by atoms with Crippen molar-refractivity contribution in [2.75, 3.05) is 5.73 Å². The van der Waals surface area contributed by atoms with Crippen LogP contribution in [-0.2, 0) is 5.41 Å². The fourth-order valence-electron chi connectivity index (χ4n) is 2.88. The number of rotatable bonds is 2. The van der Waals surface area contributed by atoms with Crippen LogP contribution in [0.25, 0.3) is 11.0 Å². The Morgan fingerprint density at radius 1 is 1.00 bits per heavy atom. The van der Waals surface area contributed by atoms with Crippen LogP contribution in [0.3, 0.4) is 0 Å². The largest absolute Gasteiger partial charge is 0.369 e. The molecule has 0 fully saturated rings. The summed E-state index contributed by atoms with van der Waals surface area (Å²) in [6.07, 6.45) is 0. The van der Waals surface area contributed by atoms with Crippen LogP contribution in [0.15, 0.2) is 48.5 Å². The van der Waals surface area contributed by atoms with E-state index in [0.29, 0.717) is 5.95 Å². The van der Waals surface area contributed by atoms with Gasteiger partial charge >= 0.3 is 0 Å². The lowest BCUT2D eigenvalue weighted by atomic mass is 9.86. The molecule has 3 rings (SSSR count). The zero-order valence-electron chi connectivity index (χ0n) is 13.7. The molecule has 0 saturated heterocycles. The molecule has 2 aromatic carbocycles. The molecule has 2 N–H and O–H groups in total. The van der Waals surface area contributed by atoms with E-state index in [1.807, 2.05) is 18.2 Å². The first-order valence-corrected chi connectivity index (χ1v) is 7.71. The minimum atomic E-state index is 0.154. The Morgan fingerprint density at radius 3 is 2.27 bits per heavy atom. The summed E-state index contributed by atoms with van der Waals surface area (Å²) < 4.78 is 2.10.